The number of rotatable bonds is 4. The molecule has 1 aromatic rings. The van der Waals surface area contributed by atoms with Crippen molar-refractivity contribution < 1.29 is 4.79 Å². The molecule has 5 heteroatoms. The fraction of sp³-hybridized carbons (Fsp3) is 0.714. The van der Waals surface area contributed by atoms with Crippen LogP contribution in [-0.2, 0) is 17.9 Å². The highest BCUT2D eigenvalue weighted by molar-refractivity contribution is 5.87. The number of carbonyl (C=O) groups is 1. The second-order valence-electron chi connectivity index (χ2n) is 8.99. The first-order valence-electron chi connectivity index (χ1n) is 10.1. The van der Waals surface area contributed by atoms with Gasteiger partial charge < -0.3 is 4.90 Å². The molecule has 0 aromatic carbocycles. The molecule has 0 N–H and O–H groups in total. The number of carbonyl (C=O) groups excluding carboxylic acids is 1. The zero-order chi connectivity index (χ0) is 18.5. The molecule has 3 aliphatic rings. The van der Waals surface area contributed by atoms with Gasteiger partial charge in [-0.05, 0) is 37.5 Å². The van der Waals surface area contributed by atoms with Crippen molar-refractivity contribution in [3.8, 4) is 0 Å². The van der Waals surface area contributed by atoms with Crippen LogP contribution in [-0.4, -0.2) is 51.7 Å². The summed E-state index contributed by atoms with van der Waals surface area (Å²) < 4.78 is 1.97. The van der Waals surface area contributed by atoms with Crippen LogP contribution in [0.25, 0.3) is 0 Å². The molecule has 0 radical (unpaired) electrons. The topological polar surface area (TPSA) is 41.4 Å². The van der Waals surface area contributed by atoms with Crippen LogP contribution < -0.4 is 0 Å². The van der Waals surface area contributed by atoms with Gasteiger partial charge in [0, 0.05) is 51.0 Å². The van der Waals surface area contributed by atoms with E-state index in [0.29, 0.717) is 11.8 Å². The Labute approximate surface area is 157 Å². The van der Waals surface area contributed by atoms with Gasteiger partial charge in [-0.1, -0.05) is 26.0 Å². The number of aromatic nitrogens is 2. The van der Waals surface area contributed by atoms with Crippen LogP contribution in [0.4, 0.5) is 0 Å². The van der Waals surface area contributed by atoms with Crippen molar-refractivity contribution in [3.63, 3.8) is 0 Å². The number of aryl methyl sites for hydroxylation is 1. The highest BCUT2D eigenvalue weighted by atomic mass is 16.2. The van der Waals surface area contributed by atoms with Gasteiger partial charge in [-0.2, -0.15) is 5.10 Å². The lowest BCUT2D eigenvalue weighted by molar-refractivity contribution is -0.141. The van der Waals surface area contributed by atoms with E-state index in [0.717, 1.165) is 52.1 Å². The van der Waals surface area contributed by atoms with Gasteiger partial charge in [0.2, 0.25) is 5.91 Å². The standard InChI is InChI=1S/C21H32N4O/c1-5-25-15-17(13-22-25)14-23-8-10-24(11-9-23)19(26)21-7-6-18(12-21)20(3,4)16(21)2/h13,15,18H,2,5-12,14H2,1,3-4H3/t18-,21+/m1/s1. The second-order valence-corrected chi connectivity index (χ2v) is 8.99. The molecule has 2 heterocycles. The number of fused-ring (bicyclic) bond motifs is 2. The van der Waals surface area contributed by atoms with Gasteiger partial charge >= 0.3 is 0 Å². The lowest BCUT2D eigenvalue weighted by Crippen LogP contribution is -2.53. The van der Waals surface area contributed by atoms with E-state index in [4.69, 9.17) is 0 Å². The van der Waals surface area contributed by atoms with E-state index in [1.807, 2.05) is 10.9 Å². The van der Waals surface area contributed by atoms with E-state index >= 15 is 0 Å². The van der Waals surface area contributed by atoms with Crippen LogP contribution in [0.2, 0.25) is 0 Å². The lowest BCUT2D eigenvalue weighted by Gasteiger charge is -2.42. The van der Waals surface area contributed by atoms with Gasteiger partial charge in [0.15, 0.2) is 0 Å². The summed E-state index contributed by atoms with van der Waals surface area (Å²) in [7, 11) is 0. The van der Waals surface area contributed by atoms with Crippen LogP contribution in [0.3, 0.4) is 0 Å². The summed E-state index contributed by atoms with van der Waals surface area (Å²) in [6.07, 6.45) is 7.30. The predicted octanol–water partition coefficient (Wildman–Crippen LogP) is 2.93. The third kappa shape index (κ3) is 2.63. The quantitative estimate of drug-likeness (QED) is 0.779. The summed E-state index contributed by atoms with van der Waals surface area (Å²) in [6.45, 7) is 16.4. The van der Waals surface area contributed by atoms with E-state index < -0.39 is 0 Å². The molecule has 26 heavy (non-hydrogen) atoms. The lowest BCUT2D eigenvalue weighted by atomic mass is 9.68. The fourth-order valence-corrected chi connectivity index (χ4v) is 5.45. The number of nitrogens with zero attached hydrogens (tertiary/aromatic N) is 4. The summed E-state index contributed by atoms with van der Waals surface area (Å²) in [4.78, 5) is 18.0. The van der Waals surface area contributed by atoms with Crippen molar-refractivity contribution in [1.82, 2.24) is 19.6 Å². The Kier molecular flexibility index (Phi) is 4.25. The molecule has 2 saturated carbocycles. The maximum Gasteiger partial charge on any atom is 0.232 e. The molecule has 1 aromatic heterocycles. The van der Waals surface area contributed by atoms with Gasteiger partial charge in [0.25, 0.3) is 0 Å². The molecular formula is C21H32N4O. The molecular weight excluding hydrogens is 324 g/mol. The molecule has 1 saturated heterocycles. The maximum absolute atomic E-state index is 13.4. The highest BCUT2D eigenvalue weighted by Gasteiger charge is 2.61. The molecule has 142 valence electrons. The Hall–Kier alpha value is -1.62. The SMILES string of the molecule is C=C1C(C)(C)[C@@H]2CC[C@]1(C(=O)N1CCN(Cc3cnn(CC)c3)CC1)C2. The van der Waals surface area contributed by atoms with Crippen molar-refractivity contribution >= 4 is 5.91 Å². The van der Waals surface area contributed by atoms with Crippen molar-refractivity contribution in [2.45, 2.75) is 53.1 Å². The van der Waals surface area contributed by atoms with Gasteiger partial charge in [0.05, 0.1) is 11.6 Å². The number of amides is 1. The fourth-order valence-electron chi connectivity index (χ4n) is 5.45. The molecule has 1 amide bonds. The first kappa shape index (κ1) is 17.8. The number of hydrogen-bond donors (Lipinski definition) is 0. The van der Waals surface area contributed by atoms with E-state index in [2.05, 4.69) is 48.4 Å². The van der Waals surface area contributed by atoms with Crippen molar-refractivity contribution in [3.05, 3.63) is 30.1 Å². The molecule has 3 fully saturated rings. The van der Waals surface area contributed by atoms with Crippen molar-refractivity contribution in [1.29, 1.82) is 0 Å². The molecule has 0 unspecified atom stereocenters. The van der Waals surface area contributed by atoms with Crippen molar-refractivity contribution in [2.75, 3.05) is 26.2 Å². The molecule has 1 aliphatic heterocycles. The summed E-state index contributed by atoms with van der Waals surface area (Å²) >= 11 is 0. The summed E-state index contributed by atoms with van der Waals surface area (Å²) in [5.41, 5.74) is 2.31. The summed E-state index contributed by atoms with van der Waals surface area (Å²) in [6, 6.07) is 0. The predicted molar refractivity (Wildman–Crippen MR) is 102 cm³/mol. The normalized spacial score (nSPS) is 31.0. The van der Waals surface area contributed by atoms with Crippen LogP contribution >= 0.6 is 0 Å². The molecule has 2 aliphatic carbocycles. The minimum Gasteiger partial charge on any atom is -0.339 e. The zero-order valence-corrected chi connectivity index (χ0v) is 16.5. The Bertz CT molecular complexity index is 713. The number of hydrogen-bond acceptors (Lipinski definition) is 3. The summed E-state index contributed by atoms with van der Waals surface area (Å²) in [5, 5.41) is 4.36. The van der Waals surface area contributed by atoms with Gasteiger partial charge in [-0.3, -0.25) is 14.4 Å². The Morgan fingerprint density at radius 3 is 2.62 bits per heavy atom. The molecule has 0 spiro atoms. The van der Waals surface area contributed by atoms with Crippen LogP contribution in [0.15, 0.2) is 24.5 Å². The second kappa shape index (κ2) is 6.22. The first-order chi connectivity index (χ1) is 12.4. The first-order valence-corrected chi connectivity index (χ1v) is 10.1. The third-order valence-electron chi connectivity index (χ3n) is 7.38. The third-order valence-corrected chi connectivity index (χ3v) is 7.38. The maximum atomic E-state index is 13.4. The molecule has 2 bridgehead atoms. The average Bonchev–Trinajstić information content (AvgIpc) is 3.32. The Morgan fingerprint density at radius 2 is 2.04 bits per heavy atom. The minimum absolute atomic E-state index is 0.120. The zero-order valence-electron chi connectivity index (χ0n) is 16.5. The van der Waals surface area contributed by atoms with Crippen LogP contribution in [0, 0.1) is 16.7 Å². The van der Waals surface area contributed by atoms with Gasteiger partial charge in [-0.15, -0.1) is 0 Å². The van der Waals surface area contributed by atoms with Crippen molar-refractivity contribution in [2.24, 2.45) is 16.7 Å². The van der Waals surface area contributed by atoms with Crippen LogP contribution in [0.1, 0.15) is 45.6 Å². The smallest absolute Gasteiger partial charge is 0.232 e. The van der Waals surface area contributed by atoms with E-state index in [1.54, 1.807) is 0 Å². The average molecular weight is 357 g/mol. The molecule has 2 atom stereocenters. The van der Waals surface area contributed by atoms with Gasteiger partial charge in [0.1, 0.15) is 0 Å². The van der Waals surface area contributed by atoms with Gasteiger partial charge in [-0.25, -0.2) is 0 Å². The van der Waals surface area contributed by atoms with Crippen LogP contribution in [0.5, 0.6) is 0 Å². The highest BCUT2D eigenvalue weighted by Crippen LogP contribution is 2.65. The van der Waals surface area contributed by atoms with E-state index in [1.165, 1.54) is 17.6 Å². The van der Waals surface area contributed by atoms with E-state index in [-0.39, 0.29) is 10.8 Å². The number of piperazine rings is 1. The molecule has 5 nitrogen and oxygen atoms in total. The largest absolute Gasteiger partial charge is 0.339 e. The summed E-state index contributed by atoms with van der Waals surface area (Å²) in [5.74, 6) is 0.990. The Balaban J connectivity index is 1.37. The monoisotopic (exact) mass is 356 g/mol. The minimum atomic E-state index is -0.265. The molecule has 4 rings (SSSR count). The van der Waals surface area contributed by atoms with E-state index in [9.17, 15) is 4.79 Å². The Morgan fingerprint density at radius 1 is 1.31 bits per heavy atom.